The molecule has 2 fully saturated rings. The number of hydrogen-bond donors (Lipinski definition) is 1. The first-order valence-corrected chi connectivity index (χ1v) is 9.61. The molecule has 1 aromatic rings. The van der Waals surface area contributed by atoms with Gasteiger partial charge in [0, 0.05) is 19.0 Å². The molecule has 1 aliphatic heterocycles. The van der Waals surface area contributed by atoms with Crippen molar-refractivity contribution in [2.45, 2.75) is 65.5 Å². The Morgan fingerprint density at radius 1 is 1.31 bits per heavy atom. The summed E-state index contributed by atoms with van der Waals surface area (Å²) in [6.45, 7) is 11.6. The SMILES string of the molecule is Cc1nn(C2CCC2)c(N)c1OC[C@@H]1CN(C(=O)OC(C)(C)C)C[C@H]1C. The Balaban J connectivity index is 1.58. The van der Waals surface area contributed by atoms with Crippen LogP contribution >= 0.6 is 0 Å². The van der Waals surface area contributed by atoms with E-state index in [1.54, 1.807) is 4.90 Å². The molecule has 1 aliphatic carbocycles. The summed E-state index contributed by atoms with van der Waals surface area (Å²) in [4.78, 5) is 14.1. The van der Waals surface area contributed by atoms with E-state index in [2.05, 4.69) is 12.0 Å². The standard InChI is InChI=1S/C19H32N4O3/c1-12-9-22(18(24)26-19(3,4)5)10-14(12)11-25-16-13(2)21-23(17(16)20)15-7-6-8-15/h12,14-15H,6-11,20H2,1-5H3/t12-,14+/m1/s1. The van der Waals surface area contributed by atoms with Gasteiger partial charge in [-0.05, 0) is 52.9 Å². The monoisotopic (exact) mass is 364 g/mol. The lowest BCUT2D eigenvalue weighted by atomic mass is 9.93. The average Bonchev–Trinajstić information content (AvgIpc) is 2.96. The van der Waals surface area contributed by atoms with Gasteiger partial charge in [0.25, 0.3) is 0 Å². The molecule has 1 aromatic heterocycles. The number of likely N-dealkylation sites (tertiary alicyclic amines) is 1. The molecule has 2 heterocycles. The highest BCUT2D eigenvalue weighted by molar-refractivity contribution is 5.68. The fourth-order valence-corrected chi connectivity index (χ4v) is 3.56. The maximum Gasteiger partial charge on any atom is 0.410 e. The second-order valence-corrected chi connectivity index (χ2v) is 8.76. The van der Waals surface area contributed by atoms with E-state index in [9.17, 15) is 4.79 Å². The Bertz CT molecular complexity index is 660. The number of aryl methyl sites for hydroxylation is 1. The third-order valence-corrected chi connectivity index (χ3v) is 5.35. The summed E-state index contributed by atoms with van der Waals surface area (Å²) in [6, 6.07) is 0.416. The van der Waals surface area contributed by atoms with Gasteiger partial charge in [-0.25, -0.2) is 9.48 Å². The van der Waals surface area contributed by atoms with E-state index in [-0.39, 0.29) is 12.0 Å². The highest BCUT2D eigenvalue weighted by Gasteiger charge is 2.35. The topological polar surface area (TPSA) is 82.6 Å². The van der Waals surface area contributed by atoms with Crippen LogP contribution < -0.4 is 10.5 Å². The molecule has 0 spiro atoms. The van der Waals surface area contributed by atoms with Gasteiger partial charge in [0.1, 0.15) is 11.3 Å². The number of ether oxygens (including phenoxy) is 2. The van der Waals surface area contributed by atoms with Gasteiger partial charge >= 0.3 is 6.09 Å². The van der Waals surface area contributed by atoms with E-state index in [0.29, 0.717) is 43.2 Å². The number of amides is 1. The van der Waals surface area contributed by atoms with Crippen molar-refractivity contribution < 1.29 is 14.3 Å². The van der Waals surface area contributed by atoms with E-state index in [1.165, 1.54) is 6.42 Å². The van der Waals surface area contributed by atoms with E-state index >= 15 is 0 Å². The Kier molecular flexibility index (Phi) is 5.08. The van der Waals surface area contributed by atoms with Crippen LogP contribution in [0.15, 0.2) is 0 Å². The molecular formula is C19H32N4O3. The molecule has 2 aliphatic rings. The molecule has 0 radical (unpaired) electrons. The minimum Gasteiger partial charge on any atom is -0.487 e. The summed E-state index contributed by atoms with van der Waals surface area (Å²) < 4.78 is 13.5. The summed E-state index contributed by atoms with van der Waals surface area (Å²) in [5, 5.41) is 4.56. The lowest BCUT2D eigenvalue weighted by Crippen LogP contribution is -2.35. The van der Waals surface area contributed by atoms with Crippen LogP contribution in [0, 0.1) is 18.8 Å². The molecular weight excluding hydrogens is 332 g/mol. The Labute approximate surface area is 155 Å². The van der Waals surface area contributed by atoms with Gasteiger partial charge in [0.2, 0.25) is 0 Å². The maximum atomic E-state index is 12.3. The Morgan fingerprint density at radius 2 is 2.00 bits per heavy atom. The highest BCUT2D eigenvalue weighted by Crippen LogP contribution is 2.37. The summed E-state index contributed by atoms with van der Waals surface area (Å²) >= 11 is 0. The van der Waals surface area contributed by atoms with Crippen molar-refractivity contribution in [3.8, 4) is 5.75 Å². The van der Waals surface area contributed by atoms with Gasteiger partial charge in [-0.15, -0.1) is 0 Å². The van der Waals surface area contributed by atoms with Crippen LogP contribution in [0.25, 0.3) is 0 Å². The van der Waals surface area contributed by atoms with E-state index in [1.807, 2.05) is 32.4 Å². The van der Waals surface area contributed by atoms with Crippen molar-refractivity contribution in [3.63, 3.8) is 0 Å². The van der Waals surface area contributed by atoms with Gasteiger partial charge in [-0.1, -0.05) is 6.92 Å². The van der Waals surface area contributed by atoms with Crippen LogP contribution in [-0.2, 0) is 4.74 Å². The molecule has 7 heteroatoms. The van der Waals surface area contributed by atoms with Crippen molar-refractivity contribution in [2.75, 3.05) is 25.4 Å². The number of nitrogen functional groups attached to an aromatic ring is 1. The fourth-order valence-electron chi connectivity index (χ4n) is 3.56. The molecule has 146 valence electrons. The van der Waals surface area contributed by atoms with Gasteiger partial charge in [0.05, 0.1) is 12.6 Å². The zero-order valence-corrected chi connectivity index (χ0v) is 16.6. The maximum absolute atomic E-state index is 12.3. The Hall–Kier alpha value is -1.92. The van der Waals surface area contributed by atoms with Gasteiger partial charge in [-0.2, -0.15) is 5.10 Å². The van der Waals surface area contributed by atoms with Crippen molar-refractivity contribution in [3.05, 3.63) is 5.69 Å². The van der Waals surface area contributed by atoms with E-state index in [0.717, 1.165) is 18.5 Å². The van der Waals surface area contributed by atoms with Gasteiger partial charge in [0.15, 0.2) is 11.6 Å². The fraction of sp³-hybridized carbons (Fsp3) is 0.789. The Morgan fingerprint density at radius 3 is 2.58 bits per heavy atom. The zero-order chi connectivity index (χ0) is 19.1. The normalized spacial score (nSPS) is 23.8. The zero-order valence-electron chi connectivity index (χ0n) is 16.6. The summed E-state index contributed by atoms with van der Waals surface area (Å²) in [5.74, 6) is 1.93. The number of anilines is 1. The second kappa shape index (κ2) is 7.00. The number of rotatable bonds is 4. The third kappa shape index (κ3) is 3.91. The number of nitrogens with two attached hydrogens (primary N) is 1. The molecule has 26 heavy (non-hydrogen) atoms. The quantitative estimate of drug-likeness (QED) is 0.885. The van der Waals surface area contributed by atoms with Crippen LogP contribution in [0.4, 0.5) is 10.6 Å². The molecule has 3 rings (SSSR count). The predicted octanol–water partition coefficient (Wildman–Crippen LogP) is 3.38. The first-order chi connectivity index (χ1) is 12.2. The second-order valence-electron chi connectivity index (χ2n) is 8.76. The lowest BCUT2D eigenvalue weighted by Gasteiger charge is -2.26. The summed E-state index contributed by atoms with van der Waals surface area (Å²) in [6.07, 6.45) is 3.25. The molecule has 1 saturated carbocycles. The third-order valence-electron chi connectivity index (χ3n) is 5.35. The molecule has 2 N–H and O–H groups in total. The van der Waals surface area contributed by atoms with Crippen LogP contribution in [0.2, 0.25) is 0 Å². The summed E-state index contributed by atoms with van der Waals surface area (Å²) in [5.41, 5.74) is 6.63. The van der Waals surface area contributed by atoms with Crippen molar-refractivity contribution in [1.29, 1.82) is 0 Å². The summed E-state index contributed by atoms with van der Waals surface area (Å²) in [7, 11) is 0. The minimum absolute atomic E-state index is 0.250. The van der Waals surface area contributed by atoms with E-state index in [4.69, 9.17) is 15.2 Å². The molecule has 1 amide bonds. The average molecular weight is 364 g/mol. The number of carbonyl (C=O) groups excluding carboxylic acids is 1. The van der Waals surface area contributed by atoms with Crippen molar-refractivity contribution in [1.82, 2.24) is 14.7 Å². The highest BCUT2D eigenvalue weighted by atomic mass is 16.6. The smallest absolute Gasteiger partial charge is 0.410 e. The minimum atomic E-state index is -0.476. The van der Waals surface area contributed by atoms with Crippen LogP contribution in [-0.4, -0.2) is 46.1 Å². The van der Waals surface area contributed by atoms with E-state index < -0.39 is 5.60 Å². The molecule has 0 bridgehead atoms. The number of aromatic nitrogens is 2. The molecule has 0 unspecified atom stereocenters. The van der Waals surface area contributed by atoms with Gasteiger partial charge < -0.3 is 20.1 Å². The first-order valence-electron chi connectivity index (χ1n) is 9.61. The molecule has 0 aromatic carbocycles. The number of carbonyl (C=O) groups is 1. The molecule has 7 nitrogen and oxygen atoms in total. The largest absolute Gasteiger partial charge is 0.487 e. The van der Waals surface area contributed by atoms with Crippen LogP contribution in [0.1, 0.15) is 58.7 Å². The van der Waals surface area contributed by atoms with Crippen molar-refractivity contribution in [2.24, 2.45) is 11.8 Å². The lowest BCUT2D eigenvalue weighted by molar-refractivity contribution is 0.0282. The molecule has 2 atom stereocenters. The van der Waals surface area contributed by atoms with Gasteiger partial charge in [-0.3, -0.25) is 0 Å². The van der Waals surface area contributed by atoms with Crippen LogP contribution in [0.5, 0.6) is 5.75 Å². The van der Waals surface area contributed by atoms with Crippen molar-refractivity contribution >= 4 is 11.9 Å². The number of nitrogens with zero attached hydrogens (tertiary/aromatic N) is 3. The number of hydrogen-bond acceptors (Lipinski definition) is 5. The van der Waals surface area contributed by atoms with Crippen LogP contribution in [0.3, 0.4) is 0 Å². The predicted molar refractivity (Wildman–Crippen MR) is 100 cm³/mol. The molecule has 1 saturated heterocycles. The first kappa shape index (κ1) is 18.9.